The molecule has 0 amide bonds. The zero-order valence-electron chi connectivity index (χ0n) is 8.53. The van der Waals surface area contributed by atoms with E-state index in [1.165, 1.54) is 0 Å². The molecule has 0 saturated heterocycles. The second-order valence-corrected chi connectivity index (χ2v) is 3.31. The van der Waals surface area contributed by atoms with Crippen molar-refractivity contribution in [2.24, 2.45) is 0 Å². The molecule has 0 atom stereocenters. The molecule has 1 aromatic heterocycles. The normalized spacial score (nSPS) is 9.60. The molecule has 15 heavy (non-hydrogen) atoms. The summed E-state index contributed by atoms with van der Waals surface area (Å²) in [5.74, 6) is 0.858. The average Bonchev–Trinajstić information content (AvgIpc) is 2.78. The molecule has 0 bridgehead atoms. The third kappa shape index (κ3) is 1.94. The van der Waals surface area contributed by atoms with E-state index in [4.69, 9.17) is 9.68 Å². The Labute approximate surface area is 89.4 Å². The van der Waals surface area contributed by atoms with Crippen molar-refractivity contribution in [1.29, 1.82) is 5.26 Å². The van der Waals surface area contributed by atoms with Gasteiger partial charge in [-0.3, -0.25) is 0 Å². The van der Waals surface area contributed by atoms with Gasteiger partial charge in [0, 0.05) is 5.56 Å². The number of rotatable bonds is 2. The molecule has 72 valence electrons. The van der Waals surface area contributed by atoms with E-state index in [9.17, 15) is 0 Å². The van der Waals surface area contributed by atoms with Crippen LogP contribution in [0.15, 0.2) is 40.8 Å². The van der Waals surface area contributed by atoms with Gasteiger partial charge in [-0.15, -0.1) is 0 Å². The molecule has 0 radical (unpaired) electrons. The van der Waals surface area contributed by atoms with Gasteiger partial charge >= 0.3 is 0 Å². The Morgan fingerprint density at radius 1 is 1.13 bits per heavy atom. The molecule has 0 aliphatic heterocycles. The number of hydrogen-bond acceptors (Lipinski definition) is 2. The molecule has 0 N–H and O–H groups in total. The van der Waals surface area contributed by atoms with Crippen molar-refractivity contribution in [3.63, 3.8) is 0 Å². The maximum atomic E-state index is 8.67. The summed E-state index contributed by atoms with van der Waals surface area (Å²) in [6, 6.07) is 13.4. The summed E-state index contributed by atoms with van der Waals surface area (Å²) in [7, 11) is 0.899. The van der Waals surface area contributed by atoms with Crippen LogP contribution in [0.2, 0.25) is 6.82 Å². The van der Waals surface area contributed by atoms with E-state index in [1.54, 1.807) is 12.1 Å². The Kier molecular flexibility index (Phi) is 2.60. The van der Waals surface area contributed by atoms with Crippen LogP contribution in [0.3, 0.4) is 0 Å². The van der Waals surface area contributed by atoms with E-state index in [2.05, 4.69) is 12.9 Å². The summed E-state index contributed by atoms with van der Waals surface area (Å²) in [6.45, 7) is 2.06. The minimum Gasteiger partial charge on any atom is -0.472 e. The molecule has 0 aliphatic carbocycles. The van der Waals surface area contributed by atoms with Crippen molar-refractivity contribution in [3.8, 4) is 17.4 Å². The first kappa shape index (κ1) is 9.60. The van der Waals surface area contributed by atoms with Crippen molar-refractivity contribution >= 4 is 12.9 Å². The van der Waals surface area contributed by atoms with Crippen molar-refractivity contribution < 1.29 is 4.42 Å². The van der Waals surface area contributed by atoms with E-state index in [0.717, 1.165) is 24.3 Å². The van der Waals surface area contributed by atoms with Crippen LogP contribution in [0.1, 0.15) is 5.56 Å². The fourth-order valence-corrected chi connectivity index (χ4v) is 1.43. The monoisotopic (exact) mass is 195 g/mol. The van der Waals surface area contributed by atoms with Gasteiger partial charge in [0.05, 0.1) is 17.3 Å². The van der Waals surface area contributed by atoms with Gasteiger partial charge in [0.25, 0.3) is 0 Å². The number of benzene rings is 1. The predicted octanol–water partition coefficient (Wildman–Crippen LogP) is 1.93. The molecule has 0 unspecified atom stereocenters. The smallest absolute Gasteiger partial charge is 0.201 e. The van der Waals surface area contributed by atoms with E-state index < -0.39 is 0 Å². The standard InChI is InChI=1S/C12H10BNO/c1-13-12-7-6-11(15-12)10-4-2-9(8-14)3-5-10/h2-7,13H,1H3. The molecular formula is C12H10BNO. The predicted molar refractivity (Wildman–Crippen MR) is 61.5 cm³/mol. The number of nitrogens with zero attached hydrogens (tertiary/aromatic N) is 1. The third-order valence-corrected chi connectivity index (χ3v) is 2.31. The first-order valence-corrected chi connectivity index (χ1v) is 4.92. The van der Waals surface area contributed by atoms with Crippen LogP contribution >= 0.6 is 0 Å². The van der Waals surface area contributed by atoms with Crippen LogP contribution in [0, 0.1) is 11.3 Å². The third-order valence-electron chi connectivity index (χ3n) is 2.31. The lowest BCUT2D eigenvalue weighted by atomic mass is 9.79. The lowest BCUT2D eigenvalue weighted by Crippen LogP contribution is -2.04. The zero-order chi connectivity index (χ0) is 10.7. The van der Waals surface area contributed by atoms with Gasteiger partial charge < -0.3 is 4.42 Å². The highest BCUT2D eigenvalue weighted by Gasteiger charge is 2.03. The number of nitriles is 1. The highest BCUT2D eigenvalue weighted by Crippen LogP contribution is 2.18. The summed E-state index contributed by atoms with van der Waals surface area (Å²) in [4.78, 5) is 0. The highest BCUT2D eigenvalue weighted by atomic mass is 16.3. The lowest BCUT2D eigenvalue weighted by molar-refractivity contribution is 0.616. The van der Waals surface area contributed by atoms with Gasteiger partial charge in [-0.1, -0.05) is 6.82 Å². The fourth-order valence-electron chi connectivity index (χ4n) is 1.43. The van der Waals surface area contributed by atoms with Gasteiger partial charge in [-0.2, -0.15) is 5.26 Å². The van der Waals surface area contributed by atoms with Crippen molar-refractivity contribution in [2.75, 3.05) is 0 Å². The summed E-state index contributed by atoms with van der Waals surface area (Å²) in [5.41, 5.74) is 2.66. The maximum Gasteiger partial charge on any atom is 0.201 e. The van der Waals surface area contributed by atoms with Crippen LogP contribution < -0.4 is 5.66 Å². The Morgan fingerprint density at radius 2 is 1.87 bits per heavy atom. The molecule has 0 spiro atoms. The Hall–Kier alpha value is -1.95. The zero-order valence-corrected chi connectivity index (χ0v) is 8.53. The highest BCUT2D eigenvalue weighted by molar-refractivity contribution is 6.50. The maximum absolute atomic E-state index is 8.67. The SMILES string of the molecule is CBc1ccc(-c2ccc(C#N)cc2)o1. The van der Waals surface area contributed by atoms with E-state index >= 15 is 0 Å². The minimum atomic E-state index is 0.668. The van der Waals surface area contributed by atoms with Crippen molar-refractivity contribution in [1.82, 2.24) is 0 Å². The molecule has 0 fully saturated rings. The summed E-state index contributed by atoms with van der Waals surface area (Å²) >= 11 is 0. The van der Waals surface area contributed by atoms with Gasteiger partial charge in [0.1, 0.15) is 5.76 Å². The summed E-state index contributed by atoms with van der Waals surface area (Å²) in [6.07, 6.45) is 0. The second-order valence-electron chi connectivity index (χ2n) is 3.31. The molecule has 2 rings (SSSR count). The summed E-state index contributed by atoms with van der Waals surface area (Å²) < 4.78 is 5.61. The Balaban J connectivity index is 2.33. The Morgan fingerprint density at radius 3 is 2.40 bits per heavy atom. The molecule has 2 nitrogen and oxygen atoms in total. The van der Waals surface area contributed by atoms with Gasteiger partial charge in [0.15, 0.2) is 0 Å². The lowest BCUT2D eigenvalue weighted by Gasteiger charge is -1.96. The van der Waals surface area contributed by atoms with Gasteiger partial charge in [-0.05, 0) is 36.4 Å². The average molecular weight is 195 g/mol. The van der Waals surface area contributed by atoms with Gasteiger partial charge in [0.2, 0.25) is 7.28 Å². The Bertz CT molecular complexity index is 493. The van der Waals surface area contributed by atoms with E-state index in [1.807, 2.05) is 24.3 Å². The molecule has 0 aliphatic rings. The van der Waals surface area contributed by atoms with Crippen molar-refractivity contribution in [3.05, 3.63) is 42.0 Å². The first-order valence-electron chi connectivity index (χ1n) is 4.92. The van der Waals surface area contributed by atoms with Gasteiger partial charge in [-0.25, -0.2) is 0 Å². The molecule has 1 aromatic carbocycles. The molecule has 1 heterocycles. The van der Waals surface area contributed by atoms with Crippen LogP contribution in [0.25, 0.3) is 11.3 Å². The topological polar surface area (TPSA) is 36.9 Å². The molecule has 0 saturated carbocycles. The quantitative estimate of drug-likeness (QED) is 0.686. The first-order chi connectivity index (χ1) is 7.33. The van der Waals surface area contributed by atoms with Crippen molar-refractivity contribution in [2.45, 2.75) is 6.82 Å². The van der Waals surface area contributed by atoms with E-state index in [-0.39, 0.29) is 0 Å². The molecular weight excluding hydrogens is 185 g/mol. The largest absolute Gasteiger partial charge is 0.472 e. The van der Waals surface area contributed by atoms with Crippen LogP contribution in [0.5, 0.6) is 0 Å². The fraction of sp³-hybridized carbons (Fsp3) is 0.0833. The second kappa shape index (κ2) is 4.06. The van der Waals surface area contributed by atoms with Crippen LogP contribution in [-0.4, -0.2) is 7.28 Å². The van der Waals surface area contributed by atoms with E-state index in [0.29, 0.717) is 5.56 Å². The van der Waals surface area contributed by atoms with Crippen LogP contribution in [0.4, 0.5) is 0 Å². The van der Waals surface area contributed by atoms with Crippen LogP contribution in [-0.2, 0) is 0 Å². The molecule has 3 heteroatoms. The number of furan rings is 1. The summed E-state index contributed by atoms with van der Waals surface area (Å²) in [5, 5.41) is 8.67. The number of hydrogen-bond donors (Lipinski definition) is 0. The molecule has 2 aromatic rings. The minimum absolute atomic E-state index is 0.668.